The molecule has 0 heterocycles. The molecule has 1 aliphatic rings. The van der Waals surface area contributed by atoms with E-state index < -0.39 is 6.04 Å². The van der Waals surface area contributed by atoms with Gasteiger partial charge in [0.25, 0.3) is 0 Å². The smallest absolute Gasteiger partial charge is 0.243 e. The van der Waals surface area contributed by atoms with Gasteiger partial charge in [-0.1, -0.05) is 104 Å². The molecule has 34 heavy (non-hydrogen) atoms. The fourth-order valence-electron chi connectivity index (χ4n) is 4.63. The molecule has 1 saturated carbocycles. The Morgan fingerprint density at radius 3 is 2.03 bits per heavy atom. The number of hydrogen-bond acceptors (Lipinski definition) is 2. The van der Waals surface area contributed by atoms with Gasteiger partial charge in [-0.05, 0) is 41.5 Å². The Balaban J connectivity index is 1.34. The number of rotatable bonds is 9. The fraction of sp³-hybridized carbons (Fsp3) is 0.333. The van der Waals surface area contributed by atoms with Crippen LogP contribution in [0.5, 0.6) is 0 Å². The Labute approximate surface area is 202 Å². The van der Waals surface area contributed by atoms with Gasteiger partial charge < -0.3 is 10.6 Å². The lowest BCUT2D eigenvalue weighted by atomic mass is 9.95. The number of benzene rings is 3. The van der Waals surface area contributed by atoms with Gasteiger partial charge >= 0.3 is 0 Å². The molecule has 1 atom stereocenters. The van der Waals surface area contributed by atoms with E-state index in [2.05, 4.69) is 47.0 Å². The van der Waals surface area contributed by atoms with Gasteiger partial charge in [0.05, 0.1) is 0 Å². The fourth-order valence-corrected chi connectivity index (χ4v) is 4.63. The van der Waals surface area contributed by atoms with E-state index >= 15 is 0 Å². The standard InChI is InChI=1S/C30H34N2O2/c33-29(21-18-23-16-19-26(20-17-23)25-12-6-2-7-13-25)32-28(22-24-10-4-1-5-11-24)30(34)31-27-14-8-3-9-15-27/h1-2,4-7,10-13,16-17,19-20,27-28H,3,8-9,14-15,18,21-22H2,(H,31,34)(H,32,33). The topological polar surface area (TPSA) is 58.2 Å². The van der Waals surface area contributed by atoms with Crippen LogP contribution in [-0.4, -0.2) is 23.9 Å². The van der Waals surface area contributed by atoms with Gasteiger partial charge in [-0.3, -0.25) is 9.59 Å². The van der Waals surface area contributed by atoms with Gasteiger partial charge in [0, 0.05) is 18.9 Å². The van der Waals surface area contributed by atoms with Crippen LogP contribution in [0.15, 0.2) is 84.9 Å². The lowest BCUT2D eigenvalue weighted by molar-refractivity contribution is -0.129. The van der Waals surface area contributed by atoms with Gasteiger partial charge in [-0.2, -0.15) is 0 Å². The average molecular weight is 455 g/mol. The summed E-state index contributed by atoms with van der Waals surface area (Å²) in [5, 5.41) is 6.20. The Hall–Kier alpha value is -3.40. The summed E-state index contributed by atoms with van der Waals surface area (Å²) in [5.74, 6) is -0.164. The Morgan fingerprint density at radius 1 is 0.735 bits per heavy atom. The van der Waals surface area contributed by atoms with Crippen LogP contribution in [0.3, 0.4) is 0 Å². The molecular formula is C30H34N2O2. The minimum absolute atomic E-state index is 0.0729. The first kappa shape index (κ1) is 23.7. The summed E-state index contributed by atoms with van der Waals surface area (Å²) in [6.07, 6.45) is 7.09. The van der Waals surface area contributed by atoms with Crippen LogP contribution in [0.4, 0.5) is 0 Å². The predicted molar refractivity (Wildman–Crippen MR) is 137 cm³/mol. The average Bonchev–Trinajstić information content (AvgIpc) is 2.89. The van der Waals surface area contributed by atoms with Crippen LogP contribution in [-0.2, 0) is 22.4 Å². The van der Waals surface area contributed by atoms with Crippen LogP contribution in [0.2, 0.25) is 0 Å². The van der Waals surface area contributed by atoms with Crippen molar-refractivity contribution in [3.63, 3.8) is 0 Å². The number of aryl methyl sites for hydroxylation is 1. The van der Waals surface area contributed by atoms with Crippen molar-refractivity contribution in [2.75, 3.05) is 0 Å². The third-order valence-corrected chi connectivity index (χ3v) is 6.59. The highest BCUT2D eigenvalue weighted by Crippen LogP contribution is 2.20. The van der Waals surface area contributed by atoms with Crippen LogP contribution in [0.25, 0.3) is 11.1 Å². The zero-order chi connectivity index (χ0) is 23.6. The van der Waals surface area contributed by atoms with E-state index in [-0.39, 0.29) is 17.9 Å². The van der Waals surface area contributed by atoms with E-state index in [4.69, 9.17) is 0 Å². The lowest BCUT2D eigenvalue weighted by Gasteiger charge is -2.26. The predicted octanol–water partition coefficient (Wildman–Crippen LogP) is 5.46. The highest BCUT2D eigenvalue weighted by atomic mass is 16.2. The van der Waals surface area contributed by atoms with Gasteiger partial charge in [0.15, 0.2) is 0 Å². The Kier molecular flexibility index (Phi) is 8.50. The highest BCUT2D eigenvalue weighted by molar-refractivity contribution is 5.88. The maximum Gasteiger partial charge on any atom is 0.243 e. The first-order chi connectivity index (χ1) is 16.7. The zero-order valence-electron chi connectivity index (χ0n) is 19.7. The maximum atomic E-state index is 13.1. The molecule has 0 saturated heterocycles. The molecule has 4 nitrogen and oxygen atoms in total. The van der Waals surface area contributed by atoms with Gasteiger partial charge in [-0.25, -0.2) is 0 Å². The normalized spacial score (nSPS) is 14.8. The van der Waals surface area contributed by atoms with E-state index in [0.29, 0.717) is 19.3 Å². The lowest BCUT2D eigenvalue weighted by Crippen LogP contribution is -2.51. The molecule has 2 amide bonds. The van der Waals surface area contributed by atoms with Crippen molar-refractivity contribution in [1.82, 2.24) is 10.6 Å². The van der Waals surface area contributed by atoms with Crippen LogP contribution in [0, 0.1) is 0 Å². The van der Waals surface area contributed by atoms with Crippen molar-refractivity contribution in [3.05, 3.63) is 96.1 Å². The van der Waals surface area contributed by atoms with Crippen molar-refractivity contribution < 1.29 is 9.59 Å². The molecule has 2 N–H and O–H groups in total. The number of carbonyl (C=O) groups is 2. The second-order valence-electron chi connectivity index (χ2n) is 9.22. The van der Waals surface area contributed by atoms with E-state index in [1.807, 2.05) is 48.5 Å². The zero-order valence-corrected chi connectivity index (χ0v) is 19.7. The summed E-state index contributed by atoms with van der Waals surface area (Å²) in [6.45, 7) is 0. The number of carbonyl (C=O) groups excluding carboxylic acids is 2. The minimum atomic E-state index is -0.558. The molecule has 3 aromatic carbocycles. The van der Waals surface area contributed by atoms with Crippen molar-refractivity contribution >= 4 is 11.8 Å². The summed E-state index contributed by atoms with van der Waals surface area (Å²) in [5.41, 5.74) is 4.50. The molecule has 0 bridgehead atoms. The second kappa shape index (κ2) is 12.2. The first-order valence-electron chi connectivity index (χ1n) is 12.5. The maximum absolute atomic E-state index is 13.1. The van der Waals surface area contributed by atoms with Gasteiger partial charge in [0.2, 0.25) is 11.8 Å². The number of hydrogen-bond donors (Lipinski definition) is 2. The summed E-state index contributed by atoms with van der Waals surface area (Å²) >= 11 is 0. The molecule has 1 fully saturated rings. The molecule has 0 aromatic heterocycles. The summed E-state index contributed by atoms with van der Waals surface area (Å²) in [6, 6.07) is 28.2. The minimum Gasteiger partial charge on any atom is -0.352 e. The van der Waals surface area contributed by atoms with Crippen molar-refractivity contribution in [1.29, 1.82) is 0 Å². The molecule has 176 valence electrons. The van der Waals surface area contributed by atoms with Crippen LogP contribution in [0.1, 0.15) is 49.7 Å². The molecule has 0 spiro atoms. The van der Waals surface area contributed by atoms with E-state index in [9.17, 15) is 9.59 Å². The van der Waals surface area contributed by atoms with Gasteiger partial charge in [0.1, 0.15) is 6.04 Å². The SMILES string of the molecule is O=C(CCc1ccc(-c2ccccc2)cc1)NC(Cc1ccccc1)C(=O)NC1CCCCC1. The van der Waals surface area contributed by atoms with E-state index in [0.717, 1.165) is 42.4 Å². The first-order valence-corrected chi connectivity index (χ1v) is 12.5. The largest absolute Gasteiger partial charge is 0.352 e. The second-order valence-corrected chi connectivity index (χ2v) is 9.22. The highest BCUT2D eigenvalue weighted by Gasteiger charge is 2.24. The summed E-state index contributed by atoms with van der Waals surface area (Å²) in [7, 11) is 0. The van der Waals surface area contributed by atoms with Crippen LogP contribution >= 0.6 is 0 Å². The molecule has 4 heteroatoms. The van der Waals surface area contributed by atoms with Crippen molar-refractivity contribution in [2.45, 2.75) is 63.5 Å². The Morgan fingerprint density at radius 2 is 1.35 bits per heavy atom. The van der Waals surface area contributed by atoms with Gasteiger partial charge in [-0.15, -0.1) is 0 Å². The molecular weight excluding hydrogens is 420 g/mol. The third kappa shape index (κ3) is 7.05. The van der Waals surface area contributed by atoms with Crippen molar-refractivity contribution in [2.24, 2.45) is 0 Å². The van der Waals surface area contributed by atoms with Crippen LogP contribution < -0.4 is 10.6 Å². The van der Waals surface area contributed by atoms with E-state index in [1.165, 1.54) is 12.0 Å². The summed E-state index contributed by atoms with van der Waals surface area (Å²) in [4.78, 5) is 25.9. The molecule has 1 unspecified atom stereocenters. The summed E-state index contributed by atoms with van der Waals surface area (Å²) < 4.78 is 0. The third-order valence-electron chi connectivity index (χ3n) is 6.59. The molecule has 0 radical (unpaired) electrons. The monoisotopic (exact) mass is 454 g/mol. The van der Waals surface area contributed by atoms with Crippen molar-refractivity contribution in [3.8, 4) is 11.1 Å². The van der Waals surface area contributed by atoms with E-state index in [1.54, 1.807) is 0 Å². The Bertz CT molecular complexity index is 1040. The molecule has 4 rings (SSSR count). The number of nitrogens with one attached hydrogen (secondary N) is 2. The number of amides is 2. The molecule has 0 aliphatic heterocycles. The molecule has 3 aromatic rings. The quantitative estimate of drug-likeness (QED) is 0.451. The molecule has 1 aliphatic carbocycles.